The maximum Gasteiger partial charge on any atom is 0.0790 e. The molecule has 0 aliphatic rings. The van der Waals surface area contributed by atoms with Gasteiger partial charge in [-0.05, 0) is 6.92 Å². The number of methoxy groups -OCH3 is 1. The third kappa shape index (κ3) is 5.24. The van der Waals surface area contributed by atoms with Crippen LogP contribution in [0.2, 0.25) is 0 Å². The summed E-state index contributed by atoms with van der Waals surface area (Å²) in [6.45, 7) is 9.16. The van der Waals surface area contributed by atoms with Crippen LogP contribution in [0.1, 0.15) is 27.7 Å². The predicted octanol–water partition coefficient (Wildman–Crippen LogP) is 1.02. The van der Waals surface area contributed by atoms with Gasteiger partial charge in [0.1, 0.15) is 0 Å². The van der Waals surface area contributed by atoms with E-state index < -0.39 is 5.60 Å². The highest BCUT2D eigenvalue weighted by Crippen LogP contribution is 2.16. The minimum absolute atomic E-state index is 0.142. The SMILES string of the molecule is COCC(C)C(C)(O)CNC(C)C. The van der Waals surface area contributed by atoms with Gasteiger partial charge in [-0.1, -0.05) is 20.8 Å². The van der Waals surface area contributed by atoms with Crippen LogP contribution < -0.4 is 5.32 Å². The Bertz CT molecular complexity index is 135. The van der Waals surface area contributed by atoms with Gasteiger partial charge in [0, 0.05) is 25.6 Å². The number of hydrogen-bond acceptors (Lipinski definition) is 3. The van der Waals surface area contributed by atoms with Crippen LogP contribution in [-0.4, -0.2) is 37.0 Å². The maximum atomic E-state index is 10.0. The van der Waals surface area contributed by atoms with Crippen LogP contribution in [0.3, 0.4) is 0 Å². The van der Waals surface area contributed by atoms with E-state index in [1.54, 1.807) is 7.11 Å². The van der Waals surface area contributed by atoms with Gasteiger partial charge >= 0.3 is 0 Å². The fourth-order valence-corrected chi connectivity index (χ4v) is 1.01. The summed E-state index contributed by atoms with van der Waals surface area (Å²) < 4.78 is 5.01. The lowest BCUT2D eigenvalue weighted by atomic mass is 9.91. The zero-order valence-electron chi connectivity index (χ0n) is 9.42. The second-order valence-corrected chi connectivity index (χ2v) is 4.25. The van der Waals surface area contributed by atoms with Crippen molar-refractivity contribution in [1.29, 1.82) is 0 Å². The summed E-state index contributed by atoms with van der Waals surface area (Å²) in [4.78, 5) is 0. The van der Waals surface area contributed by atoms with Crippen LogP contribution in [0.5, 0.6) is 0 Å². The molecule has 0 saturated heterocycles. The zero-order chi connectivity index (χ0) is 10.5. The van der Waals surface area contributed by atoms with Crippen molar-refractivity contribution in [3.8, 4) is 0 Å². The molecule has 2 N–H and O–H groups in total. The van der Waals surface area contributed by atoms with Crippen molar-refractivity contribution >= 4 is 0 Å². The first-order chi connectivity index (χ1) is 5.90. The lowest BCUT2D eigenvalue weighted by Gasteiger charge is -2.31. The number of ether oxygens (including phenoxy) is 1. The molecule has 0 aromatic carbocycles. The first-order valence-corrected chi connectivity index (χ1v) is 4.85. The van der Waals surface area contributed by atoms with Crippen molar-refractivity contribution in [2.45, 2.75) is 39.3 Å². The molecule has 0 amide bonds. The van der Waals surface area contributed by atoms with Crippen LogP contribution in [-0.2, 0) is 4.74 Å². The maximum absolute atomic E-state index is 10.0. The van der Waals surface area contributed by atoms with E-state index in [0.29, 0.717) is 19.2 Å². The molecule has 0 aromatic rings. The smallest absolute Gasteiger partial charge is 0.0790 e. The summed E-state index contributed by atoms with van der Waals surface area (Å²) in [7, 11) is 1.66. The molecule has 0 aromatic heterocycles. The van der Waals surface area contributed by atoms with E-state index in [0.717, 1.165) is 0 Å². The van der Waals surface area contributed by atoms with Gasteiger partial charge < -0.3 is 15.2 Å². The van der Waals surface area contributed by atoms with Gasteiger partial charge in [-0.3, -0.25) is 0 Å². The number of hydrogen-bond donors (Lipinski definition) is 2. The van der Waals surface area contributed by atoms with Crippen LogP contribution >= 0.6 is 0 Å². The largest absolute Gasteiger partial charge is 0.388 e. The number of rotatable bonds is 6. The molecule has 0 aliphatic carbocycles. The van der Waals surface area contributed by atoms with E-state index in [-0.39, 0.29) is 5.92 Å². The molecule has 0 spiro atoms. The molecule has 2 atom stereocenters. The van der Waals surface area contributed by atoms with Crippen LogP contribution in [0, 0.1) is 5.92 Å². The Hall–Kier alpha value is -0.120. The fraction of sp³-hybridized carbons (Fsp3) is 1.00. The second-order valence-electron chi connectivity index (χ2n) is 4.25. The first kappa shape index (κ1) is 12.9. The highest BCUT2D eigenvalue weighted by Gasteiger charge is 2.27. The third-order valence-corrected chi connectivity index (χ3v) is 2.35. The van der Waals surface area contributed by atoms with Gasteiger partial charge in [0.05, 0.1) is 12.2 Å². The summed E-state index contributed by atoms with van der Waals surface area (Å²) in [5.41, 5.74) is -0.694. The van der Waals surface area contributed by atoms with E-state index in [2.05, 4.69) is 19.2 Å². The summed E-state index contributed by atoms with van der Waals surface area (Å²) in [6, 6.07) is 0.404. The Morgan fingerprint density at radius 2 is 1.92 bits per heavy atom. The van der Waals surface area contributed by atoms with Crippen molar-refractivity contribution in [2.75, 3.05) is 20.3 Å². The van der Waals surface area contributed by atoms with Crippen LogP contribution in [0.25, 0.3) is 0 Å². The molecule has 3 nitrogen and oxygen atoms in total. The molecular weight excluding hydrogens is 166 g/mol. The minimum Gasteiger partial charge on any atom is -0.388 e. The normalized spacial score (nSPS) is 18.7. The van der Waals surface area contributed by atoms with E-state index in [1.165, 1.54) is 0 Å². The average molecular weight is 189 g/mol. The minimum atomic E-state index is -0.694. The molecule has 3 heteroatoms. The van der Waals surface area contributed by atoms with E-state index >= 15 is 0 Å². The first-order valence-electron chi connectivity index (χ1n) is 4.85. The molecule has 0 saturated carbocycles. The number of aliphatic hydroxyl groups is 1. The van der Waals surface area contributed by atoms with Gasteiger partial charge in [0.25, 0.3) is 0 Å². The van der Waals surface area contributed by atoms with Crippen LogP contribution in [0.4, 0.5) is 0 Å². The predicted molar refractivity (Wildman–Crippen MR) is 54.8 cm³/mol. The lowest BCUT2D eigenvalue weighted by Crippen LogP contribution is -2.46. The molecular formula is C10H23NO2. The number of nitrogens with one attached hydrogen (secondary N) is 1. The summed E-state index contributed by atoms with van der Waals surface area (Å²) >= 11 is 0. The summed E-state index contributed by atoms with van der Waals surface area (Å²) in [5.74, 6) is 0.142. The Morgan fingerprint density at radius 3 is 2.31 bits per heavy atom. The van der Waals surface area contributed by atoms with E-state index in [9.17, 15) is 5.11 Å². The molecule has 80 valence electrons. The Balaban J connectivity index is 3.90. The van der Waals surface area contributed by atoms with Gasteiger partial charge in [0.15, 0.2) is 0 Å². The second kappa shape index (κ2) is 5.58. The van der Waals surface area contributed by atoms with Crippen molar-refractivity contribution < 1.29 is 9.84 Å². The Morgan fingerprint density at radius 1 is 1.38 bits per heavy atom. The Kier molecular flexibility index (Phi) is 5.53. The van der Waals surface area contributed by atoms with Crippen molar-refractivity contribution in [3.63, 3.8) is 0 Å². The lowest BCUT2D eigenvalue weighted by molar-refractivity contribution is -0.0250. The van der Waals surface area contributed by atoms with Gasteiger partial charge in [-0.25, -0.2) is 0 Å². The van der Waals surface area contributed by atoms with Crippen molar-refractivity contribution in [2.24, 2.45) is 5.92 Å². The molecule has 0 bridgehead atoms. The van der Waals surface area contributed by atoms with Crippen molar-refractivity contribution in [3.05, 3.63) is 0 Å². The highest BCUT2D eigenvalue weighted by atomic mass is 16.5. The molecule has 0 heterocycles. The summed E-state index contributed by atoms with van der Waals surface area (Å²) in [5, 5.41) is 13.2. The zero-order valence-corrected chi connectivity index (χ0v) is 9.42. The van der Waals surface area contributed by atoms with Gasteiger partial charge in [0.2, 0.25) is 0 Å². The molecule has 2 unspecified atom stereocenters. The van der Waals surface area contributed by atoms with E-state index in [4.69, 9.17) is 4.74 Å². The van der Waals surface area contributed by atoms with Gasteiger partial charge in [-0.15, -0.1) is 0 Å². The standard InChI is InChI=1S/C10H23NO2/c1-8(2)11-7-10(4,12)9(3)6-13-5/h8-9,11-12H,6-7H2,1-5H3. The molecule has 0 fully saturated rings. The third-order valence-electron chi connectivity index (χ3n) is 2.35. The molecule has 0 radical (unpaired) electrons. The molecule has 0 rings (SSSR count). The quantitative estimate of drug-likeness (QED) is 0.655. The van der Waals surface area contributed by atoms with Crippen LogP contribution in [0.15, 0.2) is 0 Å². The molecule has 13 heavy (non-hydrogen) atoms. The molecule has 0 aliphatic heterocycles. The monoisotopic (exact) mass is 189 g/mol. The topological polar surface area (TPSA) is 41.5 Å². The Labute approximate surface area is 81.5 Å². The van der Waals surface area contributed by atoms with E-state index in [1.807, 2.05) is 13.8 Å². The van der Waals surface area contributed by atoms with Gasteiger partial charge in [-0.2, -0.15) is 0 Å². The average Bonchev–Trinajstić information content (AvgIpc) is 2.01. The summed E-state index contributed by atoms with van der Waals surface area (Å²) in [6.07, 6.45) is 0. The highest BCUT2D eigenvalue weighted by molar-refractivity contribution is 4.82. The van der Waals surface area contributed by atoms with Crippen molar-refractivity contribution in [1.82, 2.24) is 5.32 Å². The fourth-order valence-electron chi connectivity index (χ4n) is 1.01.